The quantitative estimate of drug-likeness (QED) is 0.292. The molecule has 0 heterocycles. The van der Waals surface area contributed by atoms with Gasteiger partial charge in [-0.15, -0.1) is 0 Å². The van der Waals surface area contributed by atoms with Gasteiger partial charge in [-0.25, -0.2) is 0 Å². The maximum absolute atomic E-state index is 0. The third-order valence-electron chi connectivity index (χ3n) is 0. The molecule has 0 aliphatic heterocycles. The van der Waals surface area contributed by atoms with Gasteiger partial charge in [0.25, 0.3) is 0 Å². The molecule has 40 valence electrons. The zero-order chi connectivity index (χ0) is 0. The van der Waals surface area contributed by atoms with Crippen molar-refractivity contribution in [1.82, 2.24) is 0 Å². The summed E-state index contributed by atoms with van der Waals surface area (Å²) in [4.78, 5) is 0. The fourth-order valence-corrected chi connectivity index (χ4v) is 0. The zero-order valence-electron chi connectivity index (χ0n) is 6.25. The van der Waals surface area contributed by atoms with Crippen molar-refractivity contribution in [3.05, 3.63) is 0 Å². The van der Waals surface area contributed by atoms with Crippen LogP contribution in [0.15, 0.2) is 0 Å². The van der Waals surface area contributed by atoms with Gasteiger partial charge in [0.2, 0.25) is 0 Å². The molecule has 0 saturated carbocycles. The van der Waals surface area contributed by atoms with Crippen molar-refractivity contribution in [3.63, 3.8) is 0 Å². The summed E-state index contributed by atoms with van der Waals surface area (Å²) in [6.07, 6.45) is 0. The van der Waals surface area contributed by atoms with Crippen molar-refractivity contribution >= 4 is 9.90 Å². The van der Waals surface area contributed by atoms with Crippen LogP contribution < -0.4 is 120 Å². The summed E-state index contributed by atoms with van der Waals surface area (Å²) in [6.45, 7) is 0. The Morgan fingerprint density at radius 3 is 1.14 bits per heavy atom. The van der Waals surface area contributed by atoms with E-state index in [-0.39, 0.29) is 191 Å². The van der Waals surface area contributed by atoms with Gasteiger partial charge in [-0.1, -0.05) is 0 Å². The van der Waals surface area contributed by atoms with E-state index in [0.29, 0.717) is 0 Å². The van der Waals surface area contributed by atoms with Crippen LogP contribution in [0.3, 0.4) is 0 Å². The molecule has 0 aromatic rings. The summed E-state index contributed by atoms with van der Waals surface area (Å²) >= 11 is 0. The monoisotopic (exact) mass is 390 g/mol. The van der Waals surface area contributed by atoms with Crippen molar-refractivity contribution in [1.29, 1.82) is 0 Å². The average molecular weight is 390 g/mol. The first-order chi connectivity index (χ1) is 0. The van der Waals surface area contributed by atoms with Gasteiger partial charge in [-0.05, 0) is 0 Å². The van der Waals surface area contributed by atoms with E-state index >= 15 is 0 Å². The van der Waals surface area contributed by atoms with E-state index < -0.39 is 0 Å². The van der Waals surface area contributed by atoms with Crippen molar-refractivity contribution in [2.24, 2.45) is 0 Å². The molecular formula is H5CoCsFeKOPV. The molecule has 0 bridgehead atoms. The second-order valence-electron chi connectivity index (χ2n) is 0. The van der Waals surface area contributed by atoms with Crippen LogP contribution >= 0.6 is 9.90 Å². The summed E-state index contributed by atoms with van der Waals surface area (Å²) in [5.41, 5.74) is 0. The SMILES string of the molecule is P.[Co+2].[Cs+].[Fe].[H-].[H-].[K+].[O-2].[V]. The standard InChI is InChI=1S/Co.Cs.Fe.K.O.H3P.V.2H/h;;;;;1H3;;;/q+2;+1;;+1;-2;;;2*-1. The molecular weight excluding hydrogens is 385 g/mol. The minimum absolute atomic E-state index is 0. The molecule has 0 aromatic heterocycles. The van der Waals surface area contributed by atoms with E-state index in [0.717, 1.165) is 0 Å². The molecule has 1 unspecified atom stereocenters. The predicted molar refractivity (Wildman–Crippen MR) is 14.0 cm³/mol. The summed E-state index contributed by atoms with van der Waals surface area (Å²) in [6, 6.07) is 0. The third-order valence-corrected chi connectivity index (χ3v) is 0. The van der Waals surface area contributed by atoms with Gasteiger partial charge in [0.1, 0.15) is 0 Å². The van der Waals surface area contributed by atoms with Crippen LogP contribution in [-0.4, -0.2) is 0 Å². The Balaban J connectivity index is 0. The molecule has 0 fully saturated rings. The fraction of sp³-hybridized carbons (Fsp3) is 0. The van der Waals surface area contributed by atoms with E-state index in [2.05, 4.69) is 0 Å². The Morgan fingerprint density at radius 1 is 1.14 bits per heavy atom. The summed E-state index contributed by atoms with van der Waals surface area (Å²) < 4.78 is 0. The first-order valence-electron chi connectivity index (χ1n) is 0. The number of hydrogen-bond acceptors (Lipinski definition) is 0. The van der Waals surface area contributed by atoms with Crippen LogP contribution in [0.25, 0.3) is 0 Å². The van der Waals surface area contributed by atoms with Gasteiger partial charge >= 0.3 is 137 Å². The first kappa shape index (κ1) is 53.6. The van der Waals surface area contributed by atoms with E-state index in [9.17, 15) is 0 Å². The molecule has 1 atom stereocenters. The molecule has 7 heteroatoms. The van der Waals surface area contributed by atoms with Gasteiger partial charge < -0.3 is 8.33 Å². The van der Waals surface area contributed by atoms with E-state index in [1.807, 2.05) is 0 Å². The normalized spacial score (nSPS) is 0. The molecule has 1 nitrogen and oxygen atoms in total. The zero-order valence-corrected chi connectivity index (χ0v) is 18.6. The minimum atomic E-state index is 0. The van der Waals surface area contributed by atoms with Crippen LogP contribution in [0.5, 0.6) is 0 Å². The van der Waals surface area contributed by atoms with Crippen molar-refractivity contribution < 1.29 is 181 Å². The minimum Gasteiger partial charge on any atom is -2.00 e. The van der Waals surface area contributed by atoms with Gasteiger partial charge in [-0.2, -0.15) is 9.90 Å². The molecule has 0 aromatic carbocycles. The van der Waals surface area contributed by atoms with Crippen molar-refractivity contribution in [3.8, 4) is 0 Å². The van der Waals surface area contributed by atoms with Crippen LogP contribution in [-0.2, 0) is 57.9 Å². The van der Waals surface area contributed by atoms with E-state index in [1.54, 1.807) is 0 Å². The maximum Gasteiger partial charge on any atom is 2.00 e. The first-order valence-corrected chi connectivity index (χ1v) is 0. The molecule has 0 saturated heterocycles. The average Bonchev–Trinajstić information content (AvgIpc) is 0. The van der Waals surface area contributed by atoms with E-state index in [4.69, 9.17) is 0 Å². The van der Waals surface area contributed by atoms with Crippen LogP contribution in [0.1, 0.15) is 2.85 Å². The topological polar surface area (TPSA) is 28.5 Å². The second kappa shape index (κ2) is 41.3. The maximum atomic E-state index is 0. The summed E-state index contributed by atoms with van der Waals surface area (Å²) in [5.74, 6) is 0. The number of hydrogen-bond donors (Lipinski definition) is 0. The van der Waals surface area contributed by atoms with Crippen LogP contribution in [0, 0.1) is 0 Å². The van der Waals surface area contributed by atoms with Crippen molar-refractivity contribution in [2.45, 2.75) is 0 Å². The summed E-state index contributed by atoms with van der Waals surface area (Å²) in [5, 5.41) is 0. The van der Waals surface area contributed by atoms with E-state index in [1.165, 1.54) is 0 Å². The predicted octanol–water partition coefficient (Wildman–Crippen LogP) is -5.84. The fourth-order valence-electron chi connectivity index (χ4n) is 0. The molecule has 0 spiro atoms. The Bertz CT molecular complexity index is 26.5. The molecule has 0 rings (SSSR count). The Morgan fingerprint density at radius 2 is 1.14 bits per heavy atom. The van der Waals surface area contributed by atoms with Crippen LogP contribution in [0.2, 0.25) is 0 Å². The number of rotatable bonds is 0. The Labute approximate surface area is 185 Å². The van der Waals surface area contributed by atoms with Gasteiger partial charge in [0.15, 0.2) is 0 Å². The third kappa shape index (κ3) is 33.9. The molecule has 0 amide bonds. The largest absolute Gasteiger partial charge is 2.00 e. The Kier molecular flexibility index (Phi) is 316. The molecule has 0 N–H and O–H groups in total. The molecule has 7 heavy (non-hydrogen) atoms. The summed E-state index contributed by atoms with van der Waals surface area (Å²) in [7, 11) is 0. The van der Waals surface area contributed by atoms with Crippen LogP contribution in [0.4, 0.5) is 0 Å². The van der Waals surface area contributed by atoms with Gasteiger partial charge in [0.05, 0.1) is 0 Å². The van der Waals surface area contributed by atoms with Crippen molar-refractivity contribution in [2.75, 3.05) is 0 Å². The molecule has 2 radical (unpaired) electrons. The molecule has 0 aliphatic rings. The Hall–Kier alpha value is 5.69. The second-order valence-corrected chi connectivity index (χ2v) is 0. The van der Waals surface area contributed by atoms with Gasteiger partial charge in [-0.3, -0.25) is 0 Å². The smallest absolute Gasteiger partial charge is 2.00 e. The molecule has 0 aliphatic carbocycles. The van der Waals surface area contributed by atoms with Gasteiger partial charge in [0, 0.05) is 35.6 Å².